The molecule has 0 unspecified atom stereocenters. The maximum Gasteiger partial charge on any atom is 0.222 e. The Balaban J connectivity index is 1.42. The molecule has 1 aliphatic rings. The molecule has 32 heavy (non-hydrogen) atoms. The third-order valence-corrected chi connectivity index (χ3v) is 5.99. The van der Waals surface area contributed by atoms with Crippen molar-refractivity contribution in [2.45, 2.75) is 6.54 Å². The molecule has 1 aliphatic heterocycles. The fourth-order valence-corrected chi connectivity index (χ4v) is 4.38. The van der Waals surface area contributed by atoms with Crippen molar-refractivity contribution in [3.8, 4) is 11.1 Å². The van der Waals surface area contributed by atoms with Crippen molar-refractivity contribution in [3.05, 3.63) is 78.1 Å². The molecule has 0 radical (unpaired) electrons. The fourth-order valence-electron chi connectivity index (χ4n) is 4.38. The summed E-state index contributed by atoms with van der Waals surface area (Å²) in [5.41, 5.74) is 15.9. The maximum atomic E-state index is 15.1. The standard InChI is InChI=1S/C25H25FN6/c26-20-7-4-8-22(32-13-11-31(12-14-32)16-17-5-2-1-3-6-17)23(20)18-9-10-19-21(15-18)29-25(28)30-24(19)27/h1-10,15H,11-14,16H2,(H4,27,28,29,30). The first-order valence-corrected chi connectivity index (χ1v) is 10.7. The van der Waals surface area contributed by atoms with Crippen LogP contribution in [-0.4, -0.2) is 41.0 Å². The summed E-state index contributed by atoms with van der Waals surface area (Å²) < 4.78 is 15.1. The molecule has 1 aromatic heterocycles. The van der Waals surface area contributed by atoms with E-state index in [4.69, 9.17) is 11.5 Å². The molecule has 162 valence electrons. The van der Waals surface area contributed by atoms with Gasteiger partial charge in [0.2, 0.25) is 5.95 Å². The largest absolute Gasteiger partial charge is 0.383 e. The fraction of sp³-hybridized carbons (Fsp3) is 0.200. The summed E-state index contributed by atoms with van der Waals surface area (Å²) in [5.74, 6) is 0.168. The molecule has 0 amide bonds. The van der Waals surface area contributed by atoms with Gasteiger partial charge in [-0.05, 0) is 35.4 Å². The Morgan fingerprint density at radius 3 is 2.41 bits per heavy atom. The Morgan fingerprint density at radius 1 is 0.844 bits per heavy atom. The van der Waals surface area contributed by atoms with Crippen LogP contribution < -0.4 is 16.4 Å². The Bertz CT molecular complexity index is 1250. The third-order valence-electron chi connectivity index (χ3n) is 5.99. The highest BCUT2D eigenvalue weighted by molar-refractivity contribution is 5.93. The lowest BCUT2D eigenvalue weighted by Crippen LogP contribution is -2.46. The van der Waals surface area contributed by atoms with Crippen LogP contribution in [0.4, 0.5) is 21.8 Å². The number of anilines is 3. The van der Waals surface area contributed by atoms with Crippen LogP contribution in [0.3, 0.4) is 0 Å². The molecule has 5 rings (SSSR count). The van der Waals surface area contributed by atoms with Gasteiger partial charge in [-0.3, -0.25) is 4.90 Å². The number of nitrogens with two attached hydrogens (primary N) is 2. The van der Waals surface area contributed by atoms with Gasteiger partial charge in [-0.2, -0.15) is 4.98 Å². The SMILES string of the molecule is Nc1nc(N)c2ccc(-c3c(F)cccc3N3CCN(Cc4ccccc4)CC3)cc2n1. The van der Waals surface area contributed by atoms with Crippen LogP contribution in [0.5, 0.6) is 0 Å². The molecule has 2 heterocycles. The van der Waals surface area contributed by atoms with Crippen LogP contribution in [-0.2, 0) is 6.54 Å². The summed E-state index contributed by atoms with van der Waals surface area (Å²) in [7, 11) is 0. The van der Waals surface area contributed by atoms with Crippen molar-refractivity contribution in [1.29, 1.82) is 0 Å². The number of fused-ring (bicyclic) bond motifs is 1. The lowest BCUT2D eigenvalue weighted by molar-refractivity contribution is 0.250. The normalized spacial score (nSPS) is 14.7. The van der Waals surface area contributed by atoms with Crippen molar-refractivity contribution in [2.75, 3.05) is 42.5 Å². The highest BCUT2D eigenvalue weighted by Gasteiger charge is 2.22. The highest BCUT2D eigenvalue weighted by atomic mass is 19.1. The van der Waals surface area contributed by atoms with Crippen LogP contribution in [0.1, 0.15) is 5.56 Å². The zero-order valence-electron chi connectivity index (χ0n) is 17.7. The van der Waals surface area contributed by atoms with E-state index < -0.39 is 0 Å². The second kappa shape index (κ2) is 8.43. The van der Waals surface area contributed by atoms with Gasteiger partial charge < -0.3 is 16.4 Å². The van der Waals surface area contributed by atoms with E-state index in [9.17, 15) is 0 Å². The van der Waals surface area contributed by atoms with E-state index in [0.29, 0.717) is 22.3 Å². The molecular weight excluding hydrogens is 403 g/mol. The molecule has 4 N–H and O–H groups in total. The number of hydrogen-bond donors (Lipinski definition) is 2. The second-order valence-electron chi connectivity index (χ2n) is 8.08. The number of piperazine rings is 1. The average molecular weight is 429 g/mol. The topological polar surface area (TPSA) is 84.3 Å². The lowest BCUT2D eigenvalue weighted by Gasteiger charge is -2.37. The minimum atomic E-state index is -0.261. The third kappa shape index (κ3) is 3.94. The Kier molecular flexibility index (Phi) is 5.33. The van der Waals surface area contributed by atoms with E-state index in [1.54, 1.807) is 6.07 Å². The molecule has 0 spiro atoms. The van der Waals surface area contributed by atoms with Gasteiger partial charge in [-0.1, -0.05) is 42.5 Å². The molecule has 3 aromatic carbocycles. The molecule has 1 fully saturated rings. The van der Waals surface area contributed by atoms with Gasteiger partial charge in [0.05, 0.1) is 5.52 Å². The van der Waals surface area contributed by atoms with Crippen molar-refractivity contribution in [1.82, 2.24) is 14.9 Å². The quantitative estimate of drug-likeness (QED) is 0.513. The number of nitrogens with zero attached hydrogens (tertiary/aromatic N) is 4. The number of hydrogen-bond acceptors (Lipinski definition) is 6. The molecular formula is C25H25FN6. The van der Waals surface area contributed by atoms with Gasteiger partial charge in [-0.15, -0.1) is 0 Å². The monoisotopic (exact) mass is 428 g/mol. The zero-order chi connectivity index (χ0) is 22.1. The Labute approximate surface area is 186 Å². The number of benzene rings is 3. The first-order chi connectivity index (χ1) is 15.6. The molecule has 6 nitrogen and oxygen atoms in total. The molecule has 0 saturated carbocycles. The van der Waals surface area contributed by atoms with Gasteiger partial charge in [0, 0.05) is 49.4 Å². The summed E-state index contributed by atoms with van der Waals surface area (Å²) >= 11 is 0. The first-order valence-electron chi connectivity index (χ1n) is 10.7. The van der Waals surface area contributed by atoms with Crippen molar-refractivity contribution in [2.24, 2.45) is 0 Å². The van der Waals surface area contributed by atoms with Crippen LogP contribution in [0.25, 0.3) is 22.0 Å². The van der Waals surface area contributed by atoms with Crippen molar-refractivity contribution >= 4 is 28.4 Å². The second-order valence-corrected chi connectivity index (χ2v) is 8.08. The van der Waals surface area contributed by atoms with Gasteiger partial charge in [0.25, 0.3) is 0 Å². The van der Waals surface area contributed by atoms with Crippen molar-refractivity contribution in [3.63, 3.8) is 0 Å². The van der Waals surface area contributed by atoms with Crippen molar-refractivity contribution < 1.29 is 4.39 Å². The predicted octanol–water partition coefficient (Wildman–Crippen LogP) is 3.92. The maximum absolute atomic E-state index is 15.1. The lowest BCUT2D eigenvalue weighted by atomic mass is 10.00. The van der Waals surface area contributed by atoms with Crippen LogP contribution in [0.2, 0.25) is 0 Å². The summed E-state index contributed by atoms with van der Waals surface area (Å²) in [5, 5.41) is 0.704. The van der Waals surface area contributed by atoms with E-state index in [1.807, 2.05) is 30.3 Å². The number of rotatable bonds is 4. The van der Waals surface area contributed by atoms with E-state index in [1.165, 1.54) is 11.6 Å². The molecule has 7 heteroatoms. The molecule has 0 aliphatic carbocycles. The van der Waals surface area contributed by atoms with Gasteiger partial charge >= 0.3 is 0 Å². The Hall–Kier alpha value is -3.71. The molecule has 4 aromatic rings. The minimum Gasteiger partial charge on any atom is -0.383 e. The number of halogens is 1. The molecule has 0 bridgehead atoms. The molecule has 1 saturated heterocycles. The van der Waals surface area contributed by atoms with E-state index in [0.717, 1.165) is 44.0 Å². The average Bonchev–Trinajstić information content (AvgIpc) is 2.79. The number of nitrogen functional groups attached to an aromatic ring is 2. The predicted molar refractivity (Wildman–Crippen MR) is 128 cm³/mol. The molecule has 0 atom stereocenters. The summed E-state index contributed by atoms with van der Waals surface area (Å²) in [6.45, 7) is 4.43. The summed E-state index contributed by atoms with van der Waals surface area (Å²) in [4.78, 5) is 13.0. The van der Waals surface area contributed by atoms with E-state index >= 15 is 4.39 Å². The smallest absolute Gasteiger partial charge is 0.222 e. The summed E-state index contributed by atoms with van der Waals surface area (Å²) in [6, 6.07) is 21.3. The van der Waals surface area contributed by atoms with Crippen LogP contribution in [0, 0.1) is 5.82 Å². The van der Waals surface area contributed by atoms with Crippen LogP contribution >= 0.6 is 0 Å². The van der Waals surface area contributed by atoms with Gasteiger partial charge in [0.1, 0.15) is 11.6 Å². The summed E-state index contributed by atoms with van der Waals surface area (Å²) in [6.07, 6.45) is 0. The number of aromatic nitrogens is 2. The first kappa shape index (κ1) is 20.2. The van der Waals surface area contributed by atoms with Gasteiger partial charge in [0.15, 0.2) is 0 Å². The van der Waals surface area contributed by atoms with E-state index in [2.05, 4.69) is 44.0 Å². The van der Waals surface area contributed by atoms with Gasteiger partial charge in [-0.25, -0.2) is 9.37 Å². The van der Waals surface area contributed by atoms with Crippen LogP contribution in [0.15, 0.2) is 66.7 Å². The minimum absolute atomic E-state index is 0.107. The zero-order valence-corrected chi connectivity index (χ0v) is 17.7. The Morgan fingerprint density at radius 2 is 1.62 bits per heavy atom. The highest BCUT2D eigenvalue weighted by Crippen LogP contribution is 2.36. The van der Waals surface area contributed by atoms with E-state index in [-0.39, 0.29) is 11.8 Å².